The molecule has 0 atom stereocenters. The number of pyridine rings is 1. The number of carbonyl (C=O) groups is 2. The van der Waals surface area contributed by atoms with Gasteiger partial charge in [0.2, 0.25) is 5.91 Å². The highest BCUT2D eigenvalue weighted by Crippen LogP contribution is 2.29. The van der Waals surface area contributed by atoms with Crippen LogP contribution in [0.4, 0.5) is 24.1 Å². The first-order valence-electron chi connectivity index (χ1n) is 8.04. The largest absolute Gasteiger partial charge is 0.417 e. The van der Waals surface area contributed by atoms with E-state index in [-0.39, 0.29) is 17.5 Å². The van der Waals surface area contributed by atoms with Gasteiger partial charge in [0.25, 0.3) is 5.91 Å². The number of anilines is 2. The third kappa shape index (κ3) is 4.54. The van der Waals surface area contributed by atoms with Crippen molar-refractivity contribution in [2.24, 2.45) is 0 Å². The molecule has 2 amide bonds. The maximum Gasteiger partial charge on any atom is 0.417 e. The van der Waals surface area contributed by atoms with E-state index in [1.54, 1.807) is 10.3 Å². The molecule has 0 aliphatic carbocycles. The average molecular weight is 399 g/mol. The fraction of sp³-hybridized carbons (Fsp3) is 0.375. The molecule has 0 radical (unpaired) electrons. The van der Waals surface area contributed by atoms with Crippen molar-refractivity contribution in [2.75, 3.05) is 36.4 Å². The zero-order chi connectivity index (χ0) is 19.6. The van der Waals surface area contributed by atoms with Crippen molar-refractivity contribution in [1.29, 1.82) is 0 Å². The summed E-state index contributed by atoms with van der Waals surface area (Å²) in [4.78, 5) is 34.9. The number of carbonyl (C=O) groups excluding carboxylic acids is 2. The maximum absolute atomic E-state index is 12.6. The summed E-state index contributed by atoms with van der Waals surface area (Å²) < 4.78 is 37.8. The van der Waals surface area contributed by atoms with Gasteiger partial charge in [-0.1, -0.05) is 0 Å². The Bertz CT molecular complexity index is 829. The molecule has 0 bridgehead atoms. The molecule has 1 aliphatic heterocycles. The highest BCUT2D eigenvalue weighted by Gasteiger charge is 2.31. The first-order valence-corrected chi connectivity index (χ1v) is 8.92. The van der Waals surface area contributed by atoms with Gasteiger partial charge in [-0.2, -0.15) is 13.2 Å². The van der Waals surface area contributed by atoms with Crippen molar-refractivity contribution in [1.82, 2.24) is 14.9 Å². The predicted octanol–water partition coefficient (Wildman–Crippen LogP) is 2.48. The molecule has 0 saturated carbocycles. The van der Waals surface area contributed by atoms with Crippen molar-refractivity contribution in [3.05, 3.63) is 35.0 Å². The van der Waals surface area contributed by atoms with Crippen molar-refractivity contribution >= 4 is 34.1 Å². The zero-order valence-electron chi connectivity index (χ0n) is 14.3. The van der Waals surface area contributed by atoms with E-state index in [9.17, 15) is 22.8 Å². The minimum Gasteiger partial charge on any atom is -0.353 e. The van der Waals surface area contributed by atoms with Gasteiger partial charge in [-0.05, 0) is 12.1 Å². The molecule has 0 aromatic carbocycles. The summed E-state index contributed by atoms with van der Waals surface area (Å²) in [7, 11) is 0. The number of amides is 2. The van der Waals surface area contributed by atoms with E-state index in [4.69, 9.17) is 0 Å². The molecule has 2 aromatic heterocycles. The monoisotopic (exact) mass is 399 g/mol. The Morgan fingerprint density at radius 1 is 1.19 bits per heavy atom. The van der Waals surface area contributed by atoms with Crippen LogP contribution in [-0.2, 0) is 11.0 Å². The van der Waals surface area contributed by atoms with Crippen LogP contribution in [0.5, 0.6) is 0 Å². The van der Waals surface area contributed by atoms with Crippen molar-refractivity contribution in [3.63, 3.8) is 0 Å². The normalized spacial score (nSPS) is 15.0. The fourth-order valence-electron chi connectivity index (χ4n) is 2.62. The molecule has 144 valence electrons. The Balaban J connectivity index is 1.59. The fourth-order valence-corrected chi connectivity index (χ4v) is 3.35. The van der Waals surface area contributed by atoms with Gasteiger partial charge in [-0.15, -0.1) is 11.3 Å². The highest BCUT2D eigenvalue weighted by atomic mass is 32.1. The van der Waals surface area contributed by atoms with Gasteiger partial charge in [0.05, 0.1) is 5.56 Å². The molecule has 11 heteroatoms. The number of hydrogen-bond donors (Lipinski definition) is 1. The van der Waals surface area contributed by atoms with Crippen LogP contribution < -0.4 is 10.2 Å². The number of rotatable bonds is 3. The first kappa shape index (κ1) is 19.1. The van der Waals surface area contributed by atoms with E-state index in [0.29, 0.717) is 37.1 Å². The Labute approximate surface area is 156 Å². The highest BCUT2D eigenvalue weighted by molar-refractivity contribution is 7.14. The van der Waals surface area contributed by atoms with Gasteiger partial charge in [-0.25, -0.2) is 9.97 Å². The Kier molecular flexibility index (Phi) is 5.31. The Hall–Kier alpha value is -2.69. The van der Waals surface area contributed by atoms with Crippen molar-refractivity contribution in [2.45, 2.75) is 13.1 Å². The summed E-state index contributed by atoms with van der Waals surface area (Å²) in [6.07, 6.45) is -3.61. The number of thiazole rings is 1. The number of alkyl halides is 3. The Morgan fingerprint density at radius 2 is 1.89 bits per heavy atom. The standard InChI is InChI=1S/C16H16F3N5O2S/c1-10(25)21-15-22-12(9-27-15)14(26)24-6-4-23(5-7-24)13-3-2-11(8-20-13)16(17,18)19/h2-3,8-9H,4-7H2,1H3,(H,21,22,25). The van der Waals surface area contributed by atoms with Crippen molar-refractivity contribution < 1.29 is 22.8 Å². The van der Waals surface area contributed by atoms with E-state index in [0.717, 1.165) is 12.3 Å². The van der Waals surface area contributed by atoms with Crippen LogP contribution in [-0.4, -0.2) is 52.9 Å². The van der Waals surface area contributed by atoms with E-state index >= 15 is 0 Å². The lowest BCUT2D eigenvalue weighted by molar-refractivity contribution is -0.137. The number of hydrogen-bond acceptors (Lipinski definition) is 6. The summed E-state index contributed by atoms with van der Waals surface area (Å²) in [5.41, 5.74) is -0.538. The van der Waals surface area contributed by atoms with Crippen molar-refractivity contribution in [3.8, 4) is 0 Å². The van der Waals surface area contributed by atoms with Crippen LogP contribution in [0.3, 0.4) is 0 Å². The SMILES string of the molecule is CC(=O)Nc1nc(C(=O)N2CCN(c3ccc(C(F)(F)F)cn3)CC2)cs1. The molecule has 7 nitrogen and oxygen atoms in total. The van der Waals surface area contributed by atoms with Crippen LogP contribution in [0, 0.1) is 0 Å². The van der Waals surface area contributed by atoms with Gasteiger partial charge in [-0.3, -0.25) is 9.59 Å². The molecular formula is C16H16F3N5O2S. The number of halogens is 3. The lowest BCUT2D eigenvalue weighted by Gasteiger charge is -2.35. The maximum atomic E-state index is 12.6. The molecule has 0 unspecified atom stereocenters. The van der Waals surface area contributed by atoms with Gasteiger partial charge < -0.3 is 15.1 Å². The number of nitrogens with zero attached hydrogens (tertiary/aromatic N) is 4. The van der Waals surface area contributed by atoms with Crippen LogP contribution in [0.1, 0.15) is 23.0 Å². The third-order valence-electron chi connectivity index (χ3n) is 3.97. The van der Waals surface area contributed by atoms with Crippen LogP contribution in [0.15, 0.2) is 23.7 Å². The quantitative estimate of drug-likeness (QED) is 0.858. The third-order valence-corrected chi connectivity index (χ3v) is 4.73. The molecule has 3 rings (SSSR count). The van der Waals surface area contributed by atoms with E-state index in [1.165, 1.54) is 24.3 Å². The summed E-state index contributed by atoms with van der Waals surface area (Å²) in [5, 5.41) is 4.47. The lowest BCUT2D eigenvalue weighted by atomic mass is 10.2. The van der Waals surface area contributed by atoms with Gasteiger partial charge in [0.1, 0.15) is 11.5 Å². The van der Waals surface area contributed by atoms with Crippen LogP contribution in [0.2, 0.25) is 0 Å². The van der Waals surface area contributed by atoms with E-state index in [1.807, 2.05) is 4.90 Å². The molecule has 1 saturated heterocycles. The molecule has 1 fully saturated rings. The first-order chi connectivity index (χ1) is 12.7. The predicted molar refractivity (Wildman–Crippen MR) is 93.8 cm³/mol. The second kappa shape index (κ2) is 7.51. The zero-order valence-corrected chi connectivity index (χ0v) is 15.1. The molecule has 2 aromatic rings. The second-order valence-corrected chi connectivity index (χ2v) is 6.76. The second-order valence-electron chi connectivity index (χ2n) is 5.90. The number of piperazine rings is 1. The average Bonchev–Trinajstić information content (AvgIpc) is 3.08. The molecule has 1 N–H and O–H groups in total. The van der Waals surface area contributed by atoms with Gasteiger partial charge >= 0.3 is 6.18 Å². The van der Waals surface area contributed by atoms with E-state index < -0.39 is 11.7 Å². The summed E-state index contributed by atoms with van der Waals surface area (Å²) >= 11 is 1.17. The number of nitrogens with one attached hydrogen (secondary N) is 1. The topological polar surface area (TPSA) is 78.4 Å². The van der Waals surface area contributed by atoms with Crippen LogP contribution >= 0.6 is 11.3 Å². The Morgan fingerprint density at radius 3 is 2.44 bits per heavy atom. The number of aromatic nitrogens is 2. The van der Waals surface area contributed by atoms with Crippen LogP contribution in [0.25, 0.3) is 0 Å². The molecular weight excluding hydrogens is 383 g/mol. The minimum absolute atomic E-state index is 0.247. The van der Waals surface area contributed by atoms with E-state index in [2.05, 4.69) is 15.3 Å². The molecule has 0 spiro atoms. The minimum atomic E-state index is -4.42. The molecule has 3 heterocycles. The smallest absolute Gasteiger partial charge is 0.353 e. The summed E-state index contributed by atoms with van der Waals surface area (Å²) in [5.74, 6) is -0.0689. The lowest BCUT2D eigenvalue weighted by Crippen LogP contribution is -2.49. The molecule has 1 aliphatic rings. The summed E-state index contributed by atoms with van der Waals surface area (Å²) in [6, 6.07) is 2.33. The van der Waals surface area contributed by atoms with Gasteiger partial charge in [0, 0.05) is 44.7 Å². The van der Waals surface area contributed by atoms with Gasteiger partial charge in [0.15, 0.2) is 5.13 Å². The summed E-state index contributed by atoms with van der Waals surface area (Å²) in [6.45, 7) is 3.06. The molecule has 27 heavy (non-hydrogen) atoms.